The van der Waals surface area contributed by atoms with Crippen molar-refractivity contribution in [1.82, 2.24) is 10.6 Å². The third kappa shape index (κ3) is 3.94. The molecule has 0 bridgehead atoms. The average molecular weight is 298 g/mol. The molecule has 1 aliphatic rings. The van der Waals surface area contributed by atoms with E-state index in [1.54, 1.807) is 17.5 Å². The maximum Gasteiger partial charge on any atom is 0.331 e. The van der Waals surface area contributed by atoms with E-state index < -0.39 is 18.0 Å². The Labute approximate surface area is 121 Å². The Hall–Kier alpha value is -1.60. The fourth-order valence-electron chi connectivity index (χ4n) is 2.20. The standard InChI is InChI=1S/C13H18N2O4S/c1-8-7-9(4-5-19-8)14-13(18)15-11(12(16)17)10-3-2-6-20-10/h2-3,6,8-9,11H,4-5,7H2,1H3,(H,16,17)(H2,14,15,18). The van der Waals surface area contributed by atoms with Crippen LogP contribution < -0.4 is 10.6 Å². The zero-order valence-corrected chi connectivity index (χ0v) is 12.0. The van der Waals surface area contributed by atoms with Crippen LogP contribution in [0.25, 0.3) is 0 Å². The molecular weight excluding hydrogens is 280 g/mol. The topological polar surface area (TPSA) is 87.7 Å². The molecule has 1 fully saturated rings. The van der Waals surface area contributed by atoms with Crippen LogP contribution in [0.1, 0.15) is 30.7 Å². The van der Waals surface area contributed by atoms with Crippen molar-refractivity contribution >= 4 is 23.3 Å². The van der Waals surface area contributed by atoms with Crippen molar-refractivity contribution in [3.8, 4) is 0 Å². The van der Waals surface area contributed by atoms with Gasteiger partial charge in [0.2, 0.25) is 0 Å². The lowest BCUT2D eigenvalue weighted by molar-refractivity contribution is -0.139. The Morgan fingerprint density at radius 2 is 2.35 bits per heavy atom. The number of urea groups is 1. The van der Waals surface area contributed by atoms with Gasteiger partial charge in [-0.15, -0.1) is 11.3 Å². The number of carboxylic acid groups (broad SMARTS) is 1. The third-order valence-corrected chi connectivity index (χ3v) is 4.11. The predicted molar refractivity (Wildman–Crippen MR) is 74.8 cm³/mol. The van der Waals surface area contributed by atoms with Crippen LogP contribution in [-0.4, -0.2) is 35.9 Å². The van der Waals surface area contributed by atoms with Crippen LogP contribution in [0.2, 0.25) is 0 Å². The highest BCUT2D eigenvalue weighted by Crippen LogP contribution is 2.19. The number of thiophene rings is 1. The molecule has 6 nitrogen and oxygen atoms in total. The molecule has 20 heavy (non-hydrogen) atoms. The van der Waals surface area contributed by atoms with Crippen molar-refractivity contribution in [3.05, 3.63) is 22.4 Å². The van der Waals surface area contributed by atoms with Gasteiger partial charge in [0, 0.05) is 17.5 Å². The SMILES string of the molecule is CC1CC(NC(=O)NC(C(=O)O)c2cccs2)CCO1. The summed E-state index contributed by atoms with van der Waals surface area (Å²) in [6.45, 7) is 2.57. The maximum absolute atomic E-state index is 11.9. The van der Waals surface area contributed by atoms with Gasteiger partial charge in [-0.3, -0.25) is 0 Å². The highest BCUT2D eigenvalue weighted by molar-refractivity contribution is 7.10. The van der Waals surface area contributed by atoms with Crippen molar-refractivity contribution < 1.29 is 19.4 Å². The predicted octanol–water partition coefficient (Wildman–Crippen LogP) is 1.74. The van der Waals surface area contributed by atoms with E-state index in [1.807, 2.05) is 6.92 Å². The van der Waals surface area contributed by atoms with Crippen LogP contribution >= 0.6 is 11.3 Å². The molecule has 7 heteroatoms. The summed E-state index contributed by atoms with van der Waals surface area (Å²) in [7, 11) is 0. The van der Waals surface area contributed by atoms with E-state index in [0.29, 0.717) is 11.5 Å². The van der Waals surface area contributed by atoms with E-state index >= 15 is 0 Å². The van der Waals surface area contributed by atoms with Crippen molar-refractivity contribution in [2.24, 2.45) is 0 Å². The van der Waals surface area contributed by atoms with E-state index in [-0.39, 0.29) is 12.1 Å². The number of hydrogen-bond donors (Lipinski definition) is 3. The molecule has 2 heterocycles. The summed E-state index contributed by atoms with van der Waals surface area (Å²) in [5.41, 5.74) is 0. The van der Waals surface area contributed by atoms with Crippen LogP contribution in [0.3, 0.4) is 0 Å². The van der Waals surface area contributed by atoms with Crippen molar-refractivity contribution in [2.75, 3.05) is 6.61 Å². The molecule has 3 atom stereocenters. The lowest BCUT2D eigenvalue weighted by Gasteiger charge is -2.28. The first kappa shape index (κ1) is 14.8. The number of aliphatic carboxylic acids is 1. The Balaban J connectivity index is 1.90. The van der Waals surface area contributed by atoms with Gasteiger partial charge in [0.15, 0.2) is 6.04 Å². The van der Waals surface area contributed by atoms with Crippen LogP contribution in [0.5, 0.6) is 0 Å². The molecule has 0 aliphatic carbocycles. The molecule has 1 saturated heterocycles. The first-order chi connectivity index (χ1) is 9.56. The molecule has 3 N–H and O–H groups in total. The number of amides is 2. The Kier molecular flexibility index (Phi) is 4.97. The molecule has 1 aromatic heterocycles. The van der Waals surface area contributed by atoms with Crippen LogP contribution in [0.4, 0.5) is 4.79 Å². The summed E-state index contributed by atoms with van der Waals surface area (Å²) in [5, 5.41) is 16.3. The zero-order valence-electron chi connectivity index (χ0n) is 11.2. The van der Waals surface area contributed by atoms with E-state index in [9.17, 15) is 14.7 Å². The van der Waals surface area contributed by atoms with Gasteiger partial charge < -0.3 is 20.5 Å². The Morgan fingerprint density at radius 3 is 2.95 bits per heavy atom. The molecular formula is C13H18N2O4S. The van der Waals surface area contributed by atoms with Gasteiger partial charge >= 0.3 is 12.0 Å². The third-order valence-electron chi connectivity index (χ3n) is 3.17. The van der Waals surface area contributed by atoms with Gasteiger partial charge in [-0.05, 0) is 31.2 Å². The summed E-state index contributed by atoms with van der Waals surface area (Å²) >= 11 is 1.30. The summed E-state index contributed by atoms with van der Waals surface area (Å²) in [6, 6.07) is 2.02. The minimum atomic E-state index is -1.07. The Morgan fingerprint density at radius 1 is 1.55 bits per heavy atom. The van der Waals surface area contributed by atoms with Crippen molar-refractivity contribution in [3.63, 3.8) is 0 Å². The molecule has 1 aliphatic heterocycles. The second kappa shape index (κ2) is 6.71. The molecule has 0 aromatic carbocycles. The number of nitrogens with one attached hydrogen (secondary N) is 2. The largest absolute Gasteiger partial charge is 0.479 e. The lowest BCUT2D eigenvalue weighted by atomic mass is 10.0. The number of carboxylic acids is 1. The first-order valence-electron chi connectivity index (χ1n) is 6.51. The van der Waals surface area contributed by atoms with Gasteiger partial charge in [-0.1, -0.05) is 6.07 Å². The van der Waals surface area contributed by atoms with E-state index in [4.69, 9.17) is 4.74 Å². The first-order valence-corrected chi connectivity index (χ1v) is 7.39. The molecule has 1 aromatic rings. The lowest BCUT2D eigenvalue weighted by Crippen LogP contribution is -2.47. The number of rotatable bonds is 4. The summed E-state index contributed by atoms with van der Waals surface area (Å²) in [6.07, 6.45) is 1.60. The van der Waals surface area contributed by atoms with Gasteiger partial charge in [0.1, 0.15) is 0 Å². The summed E-state index contributed by atoms with van der Waals surface area (Å²) in [4.78, 5) is 23.7. The van der Waals surface area contributed by atoms with Crippen molar-refractivity contribution in [1.29, 1.82) is 0 Å². The van der Waals surface area contributed by atoms with Gasteiger partial charge in [0.25, 0.3) is 0 Å². The fourth-order valence-corrected chi connectivity index (χ4v) is 2.96. The van der Waals surface area contributed by atoms with Gasteiger partial charge in [0.05, 0.1) is 6.10 Å². The second-order valence-electron chi connectivity index (χ2n) is 4.81. The normalized spacial score (nSPS) is 23.9. The van der Waals surface area contributed by atoms with E-state index in [0.717, 1.165) is 12.8 Å². The maximum atomic E-state index is 11.9. The number of carbonyl (C=O) groups is 2. The number of ether oxygens (including phenoxy) is 1. The summed E-state index contributed by atoms with van der Waals surface area (Å²) in [5.74, 6) is -1.07. The molecule has 3 unspecified atom stereocenters. The summed E-state index contributed by atoms with van der Waals surface area (Å²) < 4.78 is 5.40. The van der Waals surface area contributed by atoms with Crippen molar-refractivity contribution in [2.45, 2.75) is 38.0 Å². The molecule has 0 saturated carbocycles. The number of carbonyl (C=O) groups excluding carboxylic acids is 1. The molecule has 0 spiro atoms. The highest BCUT2D eigenvalue weighted by atomic mass is 32.1. The van der Waals surface area contributed by atoms with E-state index in [1.165, 1.54) is 11.3 Å². The molecule has 2 amide bonds. The smallest absolute Gasteiger partial charge is 0.331 e. The molecule has 110 valence electrons. The average Bonchev–Trinajstić information content (AvgIpc) is 2.89. The monoisotopic (exact) mass is 298 g/mol. The minimum absolute atomic E-state index is 0.0246. The van der Waals surface area contributed by atoms with Crippen LogP contribution in [-0.2, 0) is 9.53 Å². The fraction of sp³-hybridized carbons (Fsp3) is 0.538. The quantitative estimate of drug-likeness (QED) is 0.790. The molecule has 2 rings (SSSR count). The molecule has 0 radical (unpaired) electrons. The van der Waals surface area contributed by atoms with Crippen LogP contribution in [0.15, 0.2) is 17.5 Å². The minimum Gasteiger partial charge on any atom is -0.479 e. The Bertz CT molecular complexity index is 463. The van der Waals surface area contributed by atoms with E-state index in [2.05, 4.69) is 10.6 Å². The second-order valence-corrected chi connectivity index (χ2v) is 5.79. The van der Waals surface area contributed by atoms with Gasteiger partial charge in [-0.25, -0.2) is 9.59 Å². The number of hydrogen-bond acceptors (Lipinski definition) is 4. The highest BCUT2D eigenvalue weighted by Gasteiger charge is 2.25. The van der Waals surface area contributed by atoms with Crippen LogP contribution in [0, 0.1) is 0 Å². The van der Waals surface area contributed by atoms with Gasteiger partial charge in [-0.2, -0.15) is 0 Å². The zero-order chi connectivity index (χ0) is 14.5.